The summed E-state index contributed by atoms with van der Waals surface area (Å²) in [4.78, 5) is 22.8. The first-order chi connectivity index (χ1) is 8.15. The monoisotopic (exact) mass is 266 g/mol. The first-order valence-electron chi connectivity index (χ1n) is 5.50. The van der Waals surface area contributed by atoms with Crippen LogP contribution in [0, 0.1) is 0 Å². The van der Waals surface area contributed by atoms with Crippen molar-refractivity contribution < 1.29 is 23.8 Å². The number of methoxy groups -OCH3 is 1. The summed E-state index contributed by atoms with van der Waals surface area (Å²) in [7, 11) is 1.46. The molecule has 0 aliphatic heterocycles. The van der Waals surface area contributed by atoms with Gasteiger partial charge in [0.1, 0.15) is 12.6 Å². The Bertz CT molecular complexity index is 232. The summed E-state index contributed by atoms with van der Waals surface area (Å²) >= 11 is 5.44. The smallest absolute Gasteiger partial charge is 0.335 e. The van der Waals surface area contributed by atoms with Gasteiger partial charge in [-0.05, 0) is 13.3 Å². The van der Waals surface area contributed by atoms with Crippen molar-refractivity contribution in [3.63, 3.8) is 0 Å². The van der Waals surface area contributed by atoms with Crippen molar-refractivity contribution in [2.75, 3.05) is 26.4 Å². The van der Waals surface area contributed by atoms with E-state index in [9.17, 15) is 9.59 Å². The van der Waals surface area contributed by atoms with Gasteiger partial charge in [-0.2, -0.15) is 0 Å². The Morgan fingerprint density at radius 2 is 2.00 bits per heavy atom. The van der Waals surface area contributed by atoms with Crippen LogP contribution >= 0.6 is 11.6 Å². The van der Waals surface area contributed by atoms with Crippen molar-refractivity contribution in [3.8, 4) is 0 Å². The molecule has 100 valence electrons. The topological polar surface area (TPSA) is 61.8 Å². The first kappa shape index (κ1) is 16.4. The van der Waals surface area contributed by atoms with E-state index in [2.05, 4.69) is 0 Å². The van der Waals surface area contributed by atoms with Gasteiger partial charge >= 0.3 is 5.97 Å². The molecule has 0 radical (unpaired) electrons. The Morgan fingerprint density at radius 3 is 2.53 bits per heavy atom. The van der Waals surface area contributed by atoms with Crippen molar-refractivity contribution >= 4 is 23.4 Å². The maximum absolute atomic E-state index is 11.5. The predicted octanol–water partition coefficient (Wildman–Crippen LogP) is 1.52. The van der Waals surface area contributed by atoms with Gasteiger partial charge in [-0.15, -0.1) is 11.6 Å². The third-order valence-electron chi connectivity index (χ3n) is 2.00. The number of rotatable bonds is 10. The SMILES string of the molecule is CCOC(=O)C(CCC(=O)CCCl)OCOC. The number of halogens is 1. The molecule has 0 rings (SSSR count). The minimum Gasteiger partial charge on any atom is -0.464 e. The second kappa shape index (κ2) is 10.5. The number of Topliss-reactive ketones (excluding diaryl/α,β-unsaturated/α-hetero) is 1. The molecule has 0 saturated heterocycles. The van der Waals surface area contributed by atoms with Crippen molar-refractivity contribution in [2.45, 2.75) is 32.3 Å². The molecule has 0 heterocycles. The first-order valence-corrected chi connectivity index (χ1v) is 6.04. The van der Waals surface area contributed by atoms with Gasteiger partial charge in [-0.3, -0.25) is 4.79 Å². The van der Waals surface area contributed by atoms with Crippen LogP contribution in [0.15, 0.2) is 0 Å². The minimum absolute atomic E-state index is 0.00677. The summed E-state index contributed by atoms with van der Waals surface area (Å²) in [6.45, 7) is 1.98. The molecule has 0 spiro atoms. The normalized spacial score (nSPS) is 12.2. The Balaban J connectivity index is 4.08. The highest BCUT2D eigenvalue weighted by Crippen LogP contribution is 2.07. The minimum atomic E-state index is -0.755. The molecule has 0 aromatic carbocycles. The third kappa shape index (κ3) is 8.12. The van der Waals surface area contributed by atoms with E-state index in [-0.39, 0.29) is 32.0 Å². The van der Waals surface area contributed by atoms with Crippen molar-refractivity contribution in [1.82, 2.24) is 0 Å². The highest BCUT2D eigenvalue weighted by atomic mass is 35.5. The highest BCUT2D eigenvalue weighted by molar-refractivity contribution is 6.19. The Hall–Kier alpha value is -0.650. The number of ketones is 1. The number of carbonyl (C=O) groups is 2. The van der Waals surface area contributed by atoms with Crippen LogP contribution in [0.25, 0.3) is 0 Å². The molecule has 0 aliphatic rings. The Morgan fingerprint density at radius 1 is 1.29 bits per heavy atom. The van der Waals surface area contributed by atoms with Crippen molar-refractivity contribution in [2.24, 2.45) is 0 Å². The van der Waals surface area contributed by atoms with Crippen LogP contribution in [0.4, 0.5) is 0 Å². The van der Waals surface area contributed by atoms with E-state index >= 15 is 0 Å². The lowest BCUT2D eigenvalue weighted by molar-refractivity contribution is -0.165. The van der Waals surface area contributed by atoms with Gasteiger partial charge in [0.05, 0.1) is 6.61 Å². The number of hydrogen-bond donors (Lipinski definition) is 0. The van der Waals surface area contributed by atoms with E-state index in [0.29, 0.717) is 12.3 Å². The van der Waals surface area contributed by atoms with Gasteiger partial charge in [0, 0.05) is 25.8 Å². The summed E-state index contributed by atoms with van der Waals surface area (Å²) < 4.78 is 14.7. The molecule has 0 N–H and O–H groups in total. The largest absolute Gasteiger partial charge is 0.464 e. The van der Waals surface area contributed by atoms with Crippen LogP contribution < -0.4 is 0 Å². The van der Waals surface area contributed by atoms with Crippen LogP contribution in [-0.4, -0.2) is 44.2 Å². The third-order valence-corrected chi connectivity index (χ3v) is 2.18. The molecule has 1 unspecified atom stereocenters. The molecular weight excluding hydrogens is 248 g/mol. The van der Waals surface area contributed by atoms with E-state index in [4.69, 9.17) is 25.8 Å². The summed E-state index contributed by atoms with van der Waals surface area (Å²) in [6, 6.07) is 0. The molecule has 0 aromatic rings. The predicted molar refractivity (Wildman–Crippen MR) is 63.0 cm³/mol. The molecule has 0 amide bonds. The molecule has 1 atom stereocenters. The van der Waals surface area contributed by atoms with E-state index in [1.807, 2.05) is 0 Å². The zero-order valence-electron chi connectivity index (χ0n) is 10.2. The van der Waals surface area contributed by atoms with Gasteiger partial charge in [0.15, 0.2) is 6.10 Å². The molecule has 6 heteroatoms. The standard InChI is InChI=1S/C11H19ClO5/c1-3-16-11(14)10(17-8-15-2)5-4-9(13)6-7-12/h10H,3-8H2,1-2H3. The van der Waals surface area contributed by atoms with Gasteiger partial charge in [0.2, 0.25) is 0 Å². The molecule has 0 saturated carbocycles. The van der Waals surface area contributed by atoms with E-state index in [1.165, 1.54) is 7.11 Å². The van der Waals surface area contributed by atoms with Crippen LogP contribution in [0.2, 0.25) is 0 Å². The summed E-state index contributed by atoms with van der Waals surface area (Å²) in [5, 5.41) is 0. The summed E-state index contributed by atoms with van der Waals surface area (Å²) in [5.74, 6) is -0.166. The fourth-order valence-corrected chi connectivity index (χ4v) is 1.39. The highest BCUT2D eigenvalue weighted by Gasteiger charge is 2.21. The lowest BCUT2D eigenvalue weighted by atomic mass is 10.1. The molecule has 17 heavy (non-hydrogen) atoms. The molecule has 0 aromatic heterocycles. The molecule has 0 bridgehead atoms. The molecule has 0 aliphatic carbocycles. The molecular formula is C11H19ClO5. The fraction of sp³-hybridized carbons (Fsp3) is 0.818. The second-order valence-corrected chi connectivity index (χ2v) is 3.71. The number of esters is 1. The number of carbonyl (C=O) groups excluding carboxylic acids is 2. The second-order valence-electron chi connectivity index (χ2n) is 3.33. The fourth-order valence-electron chi connectivity index (χ4n) is 1.18. The zero-order chi connectivity index (χ0) is 13.1. The summed E-state index contributed by atoms with van der Waals surface area (Å²) in [5.41, 5.74) is 0. The Labute approximate surface area is 106 Å². The number of hydrogen-bond acceptors (Lipinski definition) is 5. The lowest BCUT2D eigenvalue weighted by Gasteiger charge is -2.15. The maximum Gasteiger partial charge on any atom is 0.335 e. The lowest BCUT2D eigenvalue weighted by Crippen LogP contribution is -2.28. The molecule has 0 fully saturated rings. The van der Waals surface area contributed by atoms with Crippen LogP contribution in [0.3, 0.4) is 0 Å². The molecule has 5 nitrogen and oxygen atoms in total. The van der Waals surface area contributed by atoms with E-state index in [1.54, 1.807) is 6.92 Å². The average molecular weight is 267 g/mol. The van der Waals surface area contributed by atoms with Crippen molar-refractivity contribution in [3.05, 3.63) is 0 Å². The van der Waals surface area contributed by atoms with Crippen molar-refractivity contribution in [1.29, 1.82) is 0 Å². The maximum atomic E-state index is 11.5. The van der Waals surface area contributed by atoms with E-state index < -0.39 is 12.1 Å². The number of alkyl halides is 1. The van der Waals surface area contributed by atoms with Gasteiger partial charge in [0.25, 0.3) is 0 Å². The van der Waals surface area contributed by atoms with Gasteiger partial charge in [-0.25, -0.2) is 4.79 Å². The quantitative estimate of drug-likeness (QED) is 0.341. The van der Waals surface area contributed by atoms with Gasteiger partial charge in [-0.1, -0.05) is 0 Å². The zero-order valence-corrected chi connectivity index (χ0v) is 11.0. The van der Waals surface area contributed by atoms with E-state index in [0.717, 1.165) is 0 Å². The van der Waals surface area contributed by atoms with Crippen LogP contribution in [0.1, 0.15) is 26.2 Å². The average Bonchev–Trinajstić information content (AvgIpc) is 2.29. The van der Waals surface area contributed by atoms with Crippen LogP contribution in [-0.2, 0) is 23.8 Å². The number of ether oxygens (including phenoxy) is 3. The van der Waals surface area contributed by atoms with Crippen LogP contribution in [0.5, 0.6) is 0 Å². The summed E-state index contributed by atoms with van der Waals surface area (Å²) in [6.07, 6.45) is 0.0910. The van der Waals surface area contributed by atoms with Gasteiger partial charge < -0.3 is 14.2 Å². The Kier molecular flexibility index (Phi) is 10.1.